The van der Waals surface area contributed by atoms with E-state index in [9.17, 15) is 8.42 Å². The third-order valence-corrected chi connectivity index (χ3v) is 10.4. The summed E-state index contributed by atoms with van der Waals surface area (Å²) in [6.07, 6.45) is 0. The maximum Gasteiger partial charge on any atom is 0.240 e. The number of hydrogen-bond acceptors (Lipinski definition) is 2. The Kier molecular flexibility index (Phi) is 5.68. The minimum Gasteiger partial charge on any atom is -0.210 e. The molecule has 0 fully saturated rings. The molecule has 130 valence electrons. The van der Waals surface area contributed by atoms with Gasteiger partial charge in [-0.05, 0) is 25.0 Å². The Morgan fingerprint density at radius 1 is 0.917 bits per heavy atom. The number of sulfonamides is 1. The van der Waals surface area contributed by atoms with Gasteiger partial charge in [0.05, 0.1) is 4.90 Å². The van der Waals surface area contributed by atoms with E-state index in [-0.39, 0.29) is 11.6 Å². The molecule has 0 saturated heterocycles. The van der Waals surface area contributed by atoms with Crippen LogP contribution in [0.3, 0.4) is 0 Å². The first-order chi connectivity index (χ1) is 11.1. The summed E-state index contributed by atoms with van der Waals surface area (Å²) < 4.78 is 28.7. The minimum absolute atomic E-state index is 0.0776. The van der Waals surface area contributed by atoms with E-state index in [0.717, 1.165) is 5.56 Å². The largest absolute Gasteiger partial charge is 0.240 e. The first-order valence-corrected chi connectivity index (χ1v) is 12.8. The Labute approximate surface area is 147 Å². The van der Waals surface area contributed by atoms with Crippen molar-refractivity contribution in [2.45, 2.75) is 44.4 Å². The number of hydrogen-bond donors (Lipinski definition) is 1. The Bertz CT molecular complexity index is 769. The van der Waals surface area contributed by atoms with Crippen molar-refractivity contribution in [3.63, 3.8) is 0 Å². The molecule has 2 rings (SSSR count). The minimum atomic E-state index is -3.53. The van der Waals surface area contributed by atoms with Crippen LogP contribution in [-0.2, 0) is 10.0 Å². The lowest BCUT2D eigenvalue weighted by atomic mass is 10.2. The quantitative estimate of drug-likeness (QED) is 0.801. The third-order valence-electron chi connectivity index (χ3n) is 4.58. The topological polar surface area (TPSA) is 46.2 Å². The van der Waals surface area contributed by atoms with Crippen molar-refractivity contribution in [3.8, 4) is 0 Å². The highest BCUT2D eigenvalue weighted by atomic mass is 32.2. The number of aryl methyl sites for hydroxylation is 1. The molecule has 0 saturated carbocycles. The number of benzene rings is 2. The normalized spacial score (nSPS) is 13.9. The molecule has 0 heterocycles. The average Bonchev–Trinajstić information content (AvgIpc) is 2.53. The Morgan fingerprint density at radius 3 is 1.96 bits per heavy atom. The zero-order valence-electron chi connectivity index (χ0n) is 15.1. The van der Waals surface area contributed by atoms with E-state index < -0.39 is 18.1 Å². The lowest BCUT2D eigenvalue weighted by Gasteiger charge is -2.36. The summed E-state index contributed by atoms with van der Waals surface area (Å²) in [5.74, 6) is 0.215. The number of nitrogens with one attached hydrogen (secondary N) is 1. The van der Waals surface area contributed by atoms with Crippen LogP contribution in [0.1, 0.15) is 19.4 Å². The third kappa shape index (κ3) is 4.15. The molecule has 0 unspecified atom stereocenters. The van der Waals surface area contributed by atoms with Gasteiger partial charge >= 0.3 is 0 Å². The van der Waals surface area contributed by atoms with Gasteiger partial charge in [-0.1, -0.05) is 80.2 Å². The van der Waals surface area contributed by atoms with Crippen molar-refractivity contribution in [3.05, 3.63) is 60.2 Å². The second-order valence-corrected chi connectivity index (χ2v) is 13.6. The van der Waals surface area contributed by atoms with Crippen LogP contribution < -0.4 is 9.91 Å². The van der Waals surface area contributed by atoms with Crippen molar-refractivity contribution in [2.24, 2.45) is 5.92 Å². The van der Waals surface area contributed by atoms with E-state index >= 15 is 0 Å². The molecule has 0 aromatic heterocycles. The van der Waals surface area contributed by atoms with Crippen LogP contribution in [0.4, 0.5) is 0 Å². The average molecular weight is 362 g/mol. The second kappa shape index (κ2) is 7.21. The molecule has 1 N–H and O–H groups in total. The first-order valence-electron chi connectivity index (χ1n) is 8.29. The smallest absolute Gasteiger partial charge is 0.210 e. The van der Waals surface area contributed by atoms with Gasteiger partial charge in [0.25, 0.3) is 0 Å². The summed E-state index contributed by atoms with van der Waals surface area (Å²) in [5, 5.41) is 1.26. The predicted octanol–water partition coefficient (Wildman–Crippen LogP) is 3.45. The van der Waals surface area contributed by atoms with Gasteiger partial charge < -0.3 is 0 Å². The molecule has 24 heavy (non-hydrogen) atoms. The van der Waals surface area contributed by atoms with Gasteiger partial charge in [0.15, 0.2) is 0 Å². The highest BCUT2D eigenvalue weighted by Gasteiger charge is 2.38. The highest BCUT2D eigenvalue weighted by Crippen LogP contribution is 2.20. The van der Waals surface area contributed by atoms with E-state index in [1.807, 2.05) is 37.3 Å². The summed E-state index contributed by atoms with van der Waals surface area (Å²) in [5.41, 5.74) is 0.972. The fourth-order valence-electron chi connectivity index (χ4n) is 3.12. The van der Waals surface area contributed by atoms with Crippen LogP contribution in [0.2, 0.25) is 13.1 Å². The molecular formula is C19H27NO2SSi. The molecule has 0 radical (unpaired) electrons. The molecule has 3 nitrogen and oxygen atoms in total. The van der Waals surface area contributed by atoms with Gasteiger partial charge in [0.1, 0.15) is 8.07 Å². The molecular weight excluding hydrogens is 334 g/mol. The lowest BCUT2D eigenvalue weighted by Crippen LogP contribution is -2.62. The van der Waals surface area contributed by atoms with Crippen LogP contribution in [0.5, 0.6) is 0 Å². The van der Waals surface area contributed by atoms with Crippen molar-refractivity contribution >= 4 is 23.3 Å². The molecule has 2 aromatic rings. The van der Waals surface area contributed by atoms with Crippen molar-refractivity contribution in [1.29, 1.82) is 0 Å². The zero-order chi connectivity index (χ0) is 18.0. The van der Waals surface area contributed by atoms with Crippen LogP contribution in [0.25, 0.3) is 0 Å². The fourth-order valence-corrected chi connectivity index (χ4v) is 9.07. The van der Waals surface area contributed by atoms with Crippen molar-refractivity contribution < 1.29 is 8.42 Å². The van der Waals surface area contributed by atoms with Gasteiger partial charge in [-0.3, -0.25) is 0 Å². The van der Waals surface area contributed by atoms with E-state index in [4.69, 9.17) is 0 Å². The molecule has 0 bridgehead atoms. The van der Waals surface area contributed by atoms with Crippen LogP contribution >= 0.6 is 0 Å². The lowest BCUT2D eigenvalue weighted by molar-refractivity contribution is 0.528. The van der Waals surface area contributed by atoms with Crippen molar-refractivity contribution in [2.75, 3.05) is 0 Å². The summed E-state index contributed by atoms with van der Waals surface area (Å²) in [4.78, 5) is 0.330. The van der Waals surface area contributed by atoms with Crippen molar-refractivity contribution in [1.82, 2.24) is 4.72 Å². The maximum absolute atomic E-state index is 12.8. The molecule has 1 atom stereocenters. The SMILES string of the molecule is Cc1ccc(S(=O)(=O)N[C@@H](C(C)C)[Si](C)(C)c2ccccc2)cc1. The number of rotatable bonds is 6. The fraction of sp³-hybridized carbons (Fsp3) is 0.368. The van der Waals surface area contributed by atoms with E-state index in [0.29, 0.717) is 4.90 Å². The monoisotopic (exact) mass is 361 g/mol. The maximum atomic E-state index is 12.8. The summed E-state index contributed by atoms with van der Waals surface area (Å²) in [6, 6.07) is 17.3. The standard InChI is InChI=1S/C19H27NO2SSi/c1-15(2)19(24(4,5)18-9-7-6-8-10-18)20-23(21,22)17-13-11-16(3)12-14-17/h6-15,19-20H,1-5H3/t19-/m1/s1. The summed E-state index contributed by atoms with van der Waals surface area (Å²) >= 11 is 0. The molecule has 0 aliphatic carbocycles. The first kappa shape index (κ1) is 18.9. The molecule has 0 aliphatic rings. The molecule has 5 heteroatoms. The summed E-state index contributed by atoms with van der Waals surface area (Å²) in [6.45, 7) is 10.6. The predicted molar refractivity (Wildman–Crippen MR) is 104 cm³/mol. The van der Waals surface area contributed by atoms with E-state index in [2.05, 4.69) is 43.8 Å². The molecule has 0 spiro atoms. The van der Waals surface area contributed by atoms with Crippen LogP contribution in [0, 0.1) is 12.8 Å². The van der Waals surface area contributed by atoms with Gasteiger partial charge in [-0.2, -0.15) is 0 Å². The summed E-state index contributed by atoms with van der Waals surface area (Å²) in [7, 11) is -5.54. The van der Waals surface area contributed by atoms with Gasteiger partial charge in [-0.25, -0.2) is 13.1 Å². The Balaban J connectivity index is 2.36. The molecule has 0 amide bonds. The van der Waals surface area contributed by atoms with E-state index in [1.54, 1.807) is 12.1 Å². The van der Waals surface area contributed by atoms with Gasteiger partial charge in [0.2, 0.25) is 10.0 Å². The van der Waals surface area contributed by atoms with Crippen LogP contribution in [-0.4, -0.2) is 22.2 Å². The second-order valence-electron chi connectivity index (χ2n) is 7.24. The zero-order valence-corrected chi connectivity index (χ0v) is 16.9. The van der Waals surface area contributed by atoms with Crippen LogP contribution in [0.15, 0.2) is 59.5 Å². The molecule has 2 aromatic carbocycles. The van der Waals surface area contributed by atoms with Gasteiger partial charge in [0, 0.05) is 5.67 Å². The van der Waals surface area contributed by atoms with Gasteiger partial charge in [-0.15, -0.1) is 0 Å². The Morgan fingerprint density at radius 2 is 1.46 bits per heavy atom. The Hall–Kier alpha value is -1.43. The molecule has 0 aliphatic heterocycles. The van der Waals surface area contributed by atoms with E-state index in [1.165, 1.54) is 5.19 Å². The highest BCUT2D eigenvalue weighted by molar-refractivity contribution is 7.89.